The first-order chi connectivity index (χ1) is 7.79. The van der Waals surface area contributed by atoms with Gasteiger partial charge in [-0.15, -0.1) is 0 Å². The number of hydrogen-bond acceptors (Lipinski definition) is 2. The molecule has 2 nitrogen and oxygen atoms in total. The minimum absolute atomic E-state index is 0.951. The zero-order chi connectivity index (χ0) is 12.2. The van der Waals surface area contributed by atoms with E-state index < -0.39 is 21.7 Å². The van der Waals surface area contributed by atoms with Crippen LogP contribution in [0.3, 0.4) is 0 Å². The molecule has 3 heteroatoms. The van der Waals surface area contributed by atoms with Crippen LogP contribution in [0.1, 0.15) is 40.5 Å². The van der Waals surface area contributed by atoms with E-state index in [1.165, 1.54) is 21.3 Å². The Morgan fingerprint density at radius 3 is 2.25 bits per heavy atom. The van der Waals surface area contributed by atoms with E-state index in [9.17, 15) is 0 Å². The number of hydrogen-bond donors (Lipinski definition) is 0. The molecule has 0 atom stereocenters. The molecule has 0 N–H and O–H groups in total. The van der Waals surface area contributed by atoms with Gasteiger partial charge in [0.2, 0.25) is 0 Å². The van der Waals surface area contributed by atoms with Crippen LogP contribution in [0.25, 0.3) is 0 Å². The van der Waals surface area contributed by atoms with Gasteiger partial charge in [0.25, 0.3) is 0 Å². The van der Waals surface area contributed by atoms with Crippen molar-refractivity contribution in [3.05, 3.63) is 12.3 Å². The average molecular weight is 326 g/mol. The number of nitrogens with zero attached hydrogens (tertiary/aromatic N) is 2. The topological polar surface area (TPSA) is 15.6 Å². The average Bonchev–Trinajstić information content (AvgIpc) is 2.30. The standard InChI is InChI=1S/C9H17N2.2C2H5.In/c1-3-6-10-8-5-9-11-7-4-2;2*1-2;/h5,8-9H,3-4,6-7H2,1-2H3;2*1H2,2H3;/q-1;;;+1/b8-5-,11-9?;;;. The van der Waals surface area contributed by atoms with Gasteiger partial charge >= 0.3 is 110 Å². The van der Waals surface area contributed by atoms with Gasteiger partial charge in [0.05, 0.1) is 0 Å². The Kier molecular flexibility index (Phi) is 11.6. The van der Waals surface area contributed by atoms with E-state index in [1.807, 2.05) is 6.21 Å². The first-order valence-electron chi connectivity index (χ1n) is 6.72. The van der Waals surface area contributed by atoms with Crippen LogP contribution in [0.4, 0.5) is 0 Å². The van der Waals surface area contributed by atoms with Crippen molar-refractivity contribution < 1.29 is 0 Å². The van der Waals surface area contributed by atoms with Crippen molar-refractivity contribution >= 4 is 27.9 Å². The second-order valence-corrected chi connectivity index (χ2v) is 14.4. The number of aliphatic imine (C=N–C) groups is 1. The zero-order valence-electron chi connectivity index (χ0n) is 11.4. The molecule has 0 aromatic carbocycles. The van der Waals surface area contributed by atoms with Crippen LogP contribution in [-0.2, 0) is 0 Å². The van der Waals surface area contributed by atoms with Gasteiger partial charge in [-0.1, -0.05) is 0 Å². The van der Waals surface area contributed by atoms with E-state index in [2.05, 4.69) is 47.9 Å². The van der Waals surface area contributed by atoms with E-state index in [0.29, 0.717) is 0 Å². The fourth-order valence-corrected chi connectivity index (χ4v) is 8.89. The van der Waals surface area contributed by atoms with Gasteiger partial charge in [-0.2, -0.15) is 0 Å². The summed E-state index contributed by atoms with van der Waals surface area (Å²) in [6.07, 6.45) is 8.76. The molecule has 0 spiro atoms. The molecule has 0 aromatic rings. The summed E-state index contributed by atoms with van der Waals surface area (Å²) in [5, 5.41) is 0. The van der Waals surface area contributed by atoms with E-state index in [0.717, 1.165) is 13.0 Å². The summed E-state index contributed by atoms with van der Waals surface area (Å²) in [5.74, 6) is 0. The maximum absolute atomic E-state index is 4.32. The predicted molar refractivity (Wildman–Crippen MR) is 76.5 cm³/mol. The summed E-state index contributed by atoms with van der Waals surface area (Å²) in [6.45, 7) is 11.3. The molecule has 0 fully saturated rings. The summed E-state index contributed by atoms with van der Waals surface area (Å²) in [4.78, 5) is 4.32. The maximum atomic E-state index is 4.32. The third kappa shape index (κ3) is 7.37. The third-order valence-corrected chi connectivity index (χ3v) is 12.0. The molecular weight excluding hydrogens is 299 g/mol. The Hall–Kier alpha value is 0.0801. The first-order valence-corrected chi connectivity index (χ1v) is 12.9. The minimum atomic E-state index is -1.40. The van der Waals surface area contributed by atoms with Gasteiger partial charge < -0.3 is 0 Å². The zero-order valence-corrected chi connectivity index (χ0v) is 14.7. The summed E-state index contributed by atoms with van der Waals surface area (Å²) < 4.78 is 5.50. The van der Waals surface area contributed by atoms with Crippen molar-refractivity contribution in [2.24, 2.45) is 4.99 Å². The van der Waals surface area contributed by atoms with Gasteiger partial charge in [-0.3, -0.25) is 0 Å². The fraction of sp³-hybridized carbons (Fsp3) is 0.769. The summed E-state index contributed by atoms with van der Waals surface area (Å²) in [6, 6.07) is 0. The van der Waals surface area contributed by atoms with Gasteiger partial charge in [-0.25, -0.2) is 0 Å². The molecule has 0 aliphatic carbocycles. The van der Waals surface area contributed by atoms with E-state index in [1.54, 1.807) is 0 Å². The van der Waals surface area contributed by atoms with E-state index in [-0.39, 0.29) is 0 Å². The second-order valence-electron chi connectivity index (χ2n) is 4.10. The van der Waals surface area contributed by atoms with Crippen molar-refractivity contribution in [2.75, 3.05) is 13.1 Å². The summed E-state index contributed by atoms with van der Waals surface area (Å²) in [7, 11) is 0. The quantitative estimate of drug-likeness (QED) is 0.590. The summed E-state index contributed by atoms with van der Waals surface area (Å²) >= 11 is -1.40. The SMILES string of the molecule is CCCN=C/C=C\[N](CCC)[In]([CH2]C)[CH2]C. The van der Waals surface area contributed by atoms with Gasteiger partial charge in [0.15, 0.2) is 0 Å². The second kappa shape index (κ2) is 11.6. The molecule has 16 heavy (non-hydrogen) atoms. The molecular formula is C13H27InN2. The van der Waals surface area contributed by atoms with Gasteiger partial charge in [0, 0.05) is 0 Å². The molecule has 0 amide bonds. The van der Waals surface area contributed by atoms with Crippen molar-refractivity contribution in [3.63, 3.8) is 0 Å². The molecule has 0 aliphatic heterocycles. The van der Waals surface area contributed by atoms with E-state index in [4.69, 9.17) is 0 Å². The fourth-order valence-electron chi connectivity index (χ4n) is 1.81. The van der Waals surface area contributed by atoms with Crippen LogP contribution in [0.5, 0.6) is 0 Å². The Morgan fingerprint density at radius 1 is 1.06 bits per heavy atom. The molecule has 0 heterocycles. The Bertz CT molecular complexity index is 198. The Morgan fingerprint density at radius 2 is 1.75 bits per heavy atom. The molecule has 0 unspecified atom stereocenters. The van der Waals surface area contributed by atoms with Gasteiger partial charge in [0.1, 0.15) is 0 Å². The van der Waals surface area contributed by atoms with Crippen molar-refractivity contribution in [1.82, 2.24) is 2.89 Å². The molecule has 0 aromatic heterocycles. The Balaban J connectivity index is 4.19. The van der Waals surface area contributed by atoms with Crippen LogP contribution in [0.15, 0.2) is 17.3 Å². The van der Waals surface area contributed by atoms with Crippen LogP contribution < -0.4 is 0 Å². The van der Waals surface area contributed by atoms with Crippen molar-refractivity contribution in [2.45, 2.75) is 48.9 Å². The van der Waals surface area contributed by atoms with E-state index >= 15 is 0 Å². The Labute approximate surface area is 110 Å². The normalized spacial score (nSPS) is 11.5. The molecule has 0 aliphatic rings. The number of allylic oxidation sites excluding steroid dienone is 1. The molecule has 0 radical (unpaired) electrons. The number of rotatable bonds is 9. The molecule has 92 valence electrons. The van der Waals surface area contributed by atoms with Crippen LogP contribution in [0.2, 0.25) is 8.35 Å². The van der Waals surface area contributed by atoms with Crippen LogP contribution >= 0.6 is 0 Å². The third-order valence-electron chi connectivity index (χ3n) is 2.72. The first kappa shape index (κ1) is 16.1. The predicted octanol–water partition coefficient (Wildman–Crippen LogP) is 3.72. The molecule has 0 bridgehead atoms. The summed E-state index contributed by atoms with van der Waals surface area (Å²) in [5.41, 5.74) is 0. The molecule has 0 saturated heterocycles. The molecule has 0 saturated carbocycles. The monoisotopic (exact) mass is 326 g/mol. The van der Waals surface area contributed by atoms with Crippen molar-refractivity contribution in [3.8, 4) is 0 Å². The van der Waals surface area contributed by atoms with Gasteiger partial charge in [-0.05, 0) is 0 Å². The molecule has 0 rings (SSSR count). The van der Waals surface area contributed by atoms with Crippen molar-refractivity contribution in [1.29, 1.82) is 0 Å². The van der Waals surface area contributed by atoms with Crippen LogP contribution in [-0.4, -0.2) is 43.9 Å². The van der Waals surface area contributed by atoms with Crippen LogP contribution in [0, 0.1) is 0 Å².